The van der Waals surface area contributed by atoms with E-state index in [2.05, 4.69) is 0 Å². The van der Waals surface area contributed by atoms with Crippen LogP contribution in [0.25, 0.3) is 0 Å². The van der Waals surface area contributed by atoms with Crippen LogP contribution >= 0.6 is 11.6 Å². The molecule has 0 bridgehead atoms. The van der Waals surface area contributed by atoms with Crippen molar-refractivity contribution in [2.24, 2.45) is 0 Å². The second-order valence-corrected chi connectivity index (χ2v) is 3.72. The van der Waals surface area contributed by atoms with Crippen LogP contribution in [0.3, 0.4) is 0 Å². The van der Waals surface area contributed by atoms with Crippen molar-refractivity contribution in [1.82, 2.24) is 0 Å². The third-order valence-electron chi connectivity index (χ3n) is 2.09. The van der Waals surface area contributed by atoms with Gasteiger partial charge in [0.05, 0.1) is 4.92 Å². The molecule has 0 unspecified atom stereocenters. The first-order valence-electron chi connectivity index (χ1n) is 4.83. The fourth-order valence-electron chi connectivity index (χ4n) is 1.35. The number of hydrogen-bond acceptors (Lipinski definition) is 3. The Labute approximate surface area is 103 Å². The maximum Gasteiger partial charge on any atom is 0.311 e. The smallest absolute Gasteiger partial charge is 0.311 e. The van der Waals surface area contributed by atoms with E-state index >= 15 is 0 Å². The zero-order valence-corrected chi connectivity index (χ0v) is 9.42. The molecule has 17 heavy (non-hydrogen) atoms. The second-order valence-electron chi connectivity index (χ2n) is 3.28. The van der Waals surface area contributed by atoms with Gasteiger partial charge in [-0.1, -0.05) is 29.8 Å². The number of nitrogens with zero attached hydrogens (tertiary/aromatic N) is 1. The van der Waals surface area contributed by atoms with Gasteiger partial charge in [-0.05, 0) is 24.3 Å². The first-order chi connectivity index (χ1) is 8.16. The fraction of sp³-hybridized carbons (Fsp3) is 0. The van der Waals surface area contributed by atoms with Gasteiger partial charge in [-0.3, -0.25) is 10.1 Å². The van der Waals surface area contributed by atoms with Crippen LogP contribution in [-0.2, 0) is 0 Å². The fourth-order valence-corrected chi connectivity index (χ4v) is 1.53. The molecular weight excluding hydrogens is 242 g/mol. The molecule has 0 saturated carbocycles. The van der Waals surface area contributed by atoms with E-state index in [4.69, 9.17) is 16.3 Å². The highest BCUT2D eigenvalue weighted by Gasteiger charge is 2.14. The molecule has 0 aliphatic carbocycles. The molecule has 2 aromatic rings. The van der Waals surface area contributed by atoms with Crippen LogP contribution in [-0.4, -0.2) is 4.92 Å². The predicted molar refractivity (Wildman–Crippen MR) is 64.6 cm³/mol. The monoisotopic (exact) mass is 249 g/mol. The van der Waals surface area contributed by atoms with E-state index in [9.17, 15) is 10.1 Å². The molecule has 0 saturated heterocycles. The Bertz CT molecular complexity index is 557. The first kappa shape index (κ1) is 11.4. The molecule has 0 heterocycles. The SMILES string of the molecule is O=[N+]([O-])c1ccccc1Oc1cccc(Cl)c1. The molecule has 0 N–H and O–H groups in total. The minimum absolute atomic E-state index is 0.0764. The average Bonchev–Trinajstić information content (AvgIpc) is 2.29. The molecule has 0 fully saturated rings. The summed E-state index contributed by atoms with van der Waals surface area (Å²) in [7, 11) is 0. The van der Waals surface area contributed by atoms with E-state index in [-0.39, 0.29) is 11.4 Å². The van der Waals surface area contributed by atoms with Crippen LogP contribution in [0.2, 0.25) is 5.02 Å². The van der Waals surface area contributed by atoms with Gasteiger partial charge in [0.1, 0.15) is 5.75 Å². The van der Waals surface area contributed by atoms with Crippen LogP contribution in [0, 0.1) is 10.1 Å². The Morgan fingerprint density at radius 2 is 1.88 bits per heavy atom. The highest BCUT2D eigenvalue weighted by molar-refractivity contribution is 6.30. The van der Waals surface area contributed by atoms with E-state index in [0.717, 1.165) is 0 Å². The van der Waals surface area contributed by atoms with Gasteiger partial charge in [-0.25, -0.2) is 0 Å². The number of hydrogen-bond donors (Lipinski definition) is 0. The molecule has 0 radical (unpaired) electrons. The molecule has 86 valence electrons. The summed E-state index contributed by atoms with van der Waals surface area (Å²) in [6, 6.07) is 12.9. The lowest BCUT2D eigenvalue weighted by atomic mass is 10.3. The lowest BCUT2D eigenvalue weighted by Gasteiger charge is -2.05. The minimum atomic E-state index is -0.486. The number of rotatable bonds is 3. The maximum absolute atomic E-state index is 10.8. The van der Waals surface area contributed by atoms with Crippen molar-refractivity contribution in [2.45, 2.75) is 0 Å². The Hall–Kier alpha value is -2.07. The number of ether oxygens (including phenoxy) is 1. The third-order valence-corrected chi connectivity index (χ3v) is 2.32. The van der Waals surface area contributed by atoms with Crippen molar-refractivity contribution in [3.63, 3.8) is 0 Å². The van der Waals surface area contributed by atoms with E-state index in [1.165, 1.54) is 6.07 Å². The molecule has 4 nitrogen and oxygen atoms in total. The average molecular weight is 250 g/mol. The van der Waals surface area contributed by atoms with Crippen molar-refractivity contribution in [1.29, 1.82) is 0 Å². The standard InChI is InChI=1S/C12H8ClNO3/c13-9-4-3-5-10(8-9)17-12-7-2-1-6-11(12)14(15)16/h1-8H. The Balaban J connectivity index is 2.33. The molecule has 2 aromatic carbocycles. The van der Waals surface area contributed by atoms with Gasteiger partial charge >= 0.3 is 5.69 Å². The zero-order valence-electron chi connectivity index (χ0n) is 8.67. The Morgan fingerprint density at radius 1 is 1.12 bits per heavy atom. The highest BCUT2D eigenvalue weighted by atomic mass is 35.5. The van der Waals surface area contributed by atoms with E-state index in [0.29, 0.717) is 10.8 Å². The highest BCUT2D eigenvalue weighted by Crippen LogP contribution is 2.31. The molecule has 2 rings (SSSR count). The number of nitro benzene ring substituents is 1. The van der Waals surface area contributed by atoms with E-state index in [1.807, 2.05) is 0 Å². The molecule has 0 aliphatic rings. The van der Waals surface area contributed by atoms with Crippen LogP contribution in [0.15, 0.2) is 48.5 Å². The van der Waals surface area contributed by atoms with Gasteiger partial charge in [0.2, 0.25) is 5.75 Å². The van der Waals surface area contributed by atoms with Crippen molar-refractivity contribution < 1.29 is 9.66 Å². The first-order valence-corrected chi connectivity index (χ1v) is 5.21. The summed E-state index contributed by atoms with van der Waals surface area (Å²) < 4.78 is 5.43. The lowest BCUT2D eigenvalue weighted by Crippen LogP contribution is -1.92. The minimum Gasteiger partial charge on any atom is -0.450 e. The van der Waals surface area contributed by atoms with Crippen molar-refractivity contribution in [3.05, 3.63) is 63.7 Å². The predicted octanol–water partition coefficient (Wildman–Crippen LogP) is 4.04. The number of benzene rings is 2. The quantitative estimate of drug-likeness (QED) is 0.609. The number of halogens is 1. The summed E-state index contributed by atoms with van der Waals surface area (Å²) in [4.78, 5) is 10.3. The van der Waals surface area contributed by atoms with Crippen LogP contribution in [0.5, 0.6) is 11.5 Å². The number of para-hydroxylation sites is 2. The van der Waals surface area contributed by atoms with Crippen LogP contribution in [0.4, 0.5) is 5.69 Å². The van der Waals surface area contributed by atoms with Crippen LogP contribution in [0.1, 0.15) is 0 Å². The van der Waals surface area contributed by atoms with Crippen molar-refractivity contribution in [3.8, 4) is 11.5 Å². The van der Waals surface area contributed by atoms with Crippen molar-refractivity contribution >= 4 is 17.3 Å². The normalized spacial score (nSPS) is 9.94. The van der Waals surface area contributed by atoms with Gasteiger partial charge in [-0.15, -0.1) is 0 Å². The summed E-state index contributed by atoms with van der Waals surface area (Å²) in [6.45, 7) is 0. The van der Waals surface area contributed by atoms with Crippen molar-refractivity contribution in [2.75, 3.05) is 0 Å². The zero-order chi connectivity index (χ0) is 12.3. The van der Waals surface area contributed by atoms with Gasteiger partial charge < -0.3 is 4.74 Å². The molecule has 0 spiro atoms. The lowest BCUT2D eigenvalue weighted by molar-refractivity contribution is -0.385. The van der Waals surface area contributed by atoms with Gasteiger partial charge in [0.15, 0.2) is 0 Å². The third kappa shape index (κ3) is 2.73. The van der Waals surface area contributed by atoms with E-state index < -0.39 is 4.92 Å². The molecule has 0 aromatic heterocycles. The topological polar surface area (TPSA) is 52.4 Å². The Morgan fingerprint density at radius 3 is 2.59 bits per heavy atom. The summed E-state index contributed by atoms with van der Waals surface area (Å²) in [5, 5.41) is 11.3. The molecule has 5 heteroatoms. The maximum atomic E-state index is 10.8. The molecule has 0 aliphatic heterocycles. The summed E-state index contributed by atoms with van der Waals surface area (Å²) in [5.74, 6) is 0.659. The van der Waals surface area contributed by atoms with Gasteiger partial charge in [0.25, 0.3) is 0 Å². The molecule has 0 amide bonds. The number of nitro groups is 1. The largest absolute Gasteiger partial charge is 0.450 e. The summed E-state index contributed by atoms with van der Waals surface area (Å²) in [6.07, 6.45) is 0. The van der Waals surface area contributed by atoms with Gasteiger partial charge in [0, 0.05) is 11.1 Å². The second kappa shape index (κ2) is 4.84. The van der Waals surface area contributed by atoms with E-state index in [1.54, 1.807) is 42.5 Å². The molecular formula is C12H8ClNO3. The molecule has 0 atom stereocenters. The Kier molecular flexibility index (Phi) is 3.25. The summed E-state index contributed by atoms with van der Waals surface area (Å²) >= 11 is 5.80. The van der Waals surface area contributed by atoms with Crippen LogP contribution < -0.4 is 4.74 Å². The van der Waals surface area contributed by atoms with Gasteiger partial charge in [-0.2, -0.15) is 0 Å². The summed E-state index contributed by atoms with van der Waals surface area (Å²) in [5.41, 5.74) is -0.0764.